The third-order valence-electron chi connectivity index (χ3n) is 5.34. The topological polar surface area (TPSA) is 245 Å². The van der Waals surface area contributed by atoms with E-state index in [-0.39, 0.29) is 59.3 Å². The largest absolute Gasteiger partial charge is 0.480 e. The van der Waals surface area contributed by atoms with Crippen LogP contribution < -0.4 is 11.5 Å². The summed E-state index contributed by atoms with van der Waals surface area (Å²) in [6, 6.07) is -1.92. The van der Waals surface area contributed by atoms with Crippen LogP contribution in [0.1, 0.15) is 0 Å². The zero-order valence-electron chi connectivity index (χ0n) is 20.0. The summed E-state index contributed by atoms with van der Waals surface area (Å²) in [7, 11) is 0. The van der Waals surface area contributed by atoms with E-state index in [0.717, 1.165) is 9.80 Å². The number of aliphatic carboxylic acids is 4. The molecule has 36 heavy (non-hydrogen) atoms. The number of hydrogen-bond acceptors (Lipinski definition) is 12. The van der Waals surface area contributed by atoms with Crippen molar-refractivity contribution in [3.63, 3.8) is 0 Å². The van der Waals surface area contributed by atoms with Crippen LogP contribution >= 0.6 is 0 Å². The number of carboxylic acids is 4. The Labute approximate surface area is 207 Å². The molecule has 208 valence electrons. The Balaban J connectivity index is 3.15. The molecule has 0 aromatic carbocycles. The Morgan fingerprint density at radius 2 is 1.42 bits per heavy atom. The summed E-state index contributed by atoms with van der Waals surface area (Å²) in [6.45, 7) is -2.28. The Morgan fingerprint density at radius 1 is 0.861 bits per heavy atom. The van der Waals surface area contributed by atoms with Crippen LogP contribution in [0.4, 0.5) is 0 Å². The van der Waals surface area contributed by atoms with Gasteiger partial charge in [-0.25, -0.2) is 0 Å². The van der Waals surface area contributed by atoms with Crippen molar-refractivity contribution < 1.29 is 58.6 Å². The van der Waals surface area contributed by atoms with E-state index in [1.54, 1.807) is 0 Å². The maximum atomic E-state index is 11.6. The average molecular weight is 525 g/mol. The van der Waals surface area contributed by atoms with Crippen LogP contribution in [0.5, 0.6) is 0 Å². The van der Waals surface area contributed by atoms with E-state index in [1.807, 2.05) is 0 Å². The summed E-state index contributed by atoms with van der Waals surface area (Å²) in [4.78, 5) is 47.4. The van der Waals surface area contributed by atoms with Gasteiger partial charge in [0.05, 0.1) is 84.5 Å². The van der Waals surface area contributed by atoms with E-state index in [4.69, 9.17) is 40.6 Å². The first-order valence-corrected chi connectivity index (χ1v) is 11.2. The number of nitrogens with zero attached hydrogens (tertiary/aromatic N) is 2. The van der Waals surface area contributed by atoms with E-state index in [9.17, 15) is 29.4 Å². The van der Waals surface area contributed by atoms with Gasteiger partial charge in [0.1, 0.15) is 5.60 Å². The van der Waals surface area contributed by atoms with E-state index in [0.29, 0.717) is 0 Å². The Kier molecular flexibility index (Phi) is 14.3. The third-order valence-corrected chi connectivity index (χ3v) is 5.34. The van der Waals surface area contributed by atoms with Gasteiger partial charge in [-0.2, -0.15) is 0 Å². The Hall–Kier alpha value is -2.44. The fraction of sp³-hybridized carbons (Fsp3) is 0.800. The minimum atomic E-state index is -1.42. The summed E-state index contributed by atoms with van der Waals surface area (Å²) in [5.41, 5.74) is 10.4. The minimum absolute atomic E-state index is 0.0456. The molecule has 8 N–H and O–H groups in total. The van der Waals surface area contributed by atoms with Crippen molar-refractivity contribution in [2.24, 2.45) is 11.5 Å². The second-order valence-corrected chi connectivity index (χ2v) is 8.11. The standard InChI is InChI=1S/C20H36N4O12/c21-1-3-33-11-14(22)20(13-35-5-6-36-20)15(24(9-18(29)30)10-19(31)32)12-34-4-2-23(7-16(25)26)8-17(27)28/h14-15H,1-13,21-22H2,(H,25,26)(H,27,28)(H,29,30)(H,31,32). The highest BCUT2D eigenvalue weighted by Crippen LogP contribution is 2.29. The van der Waals surface area contributed by atoms with Gasteiger partial charge in [-0.1, -0.05) is 0 Å². The molecule has 1 fully saturated rings. The smallest absolute Gasteiger partial charge is 0.317 e. The average Bonchev–Trinajstić information content (AvgIpc) is 2.77. The molecular formula is C20H36N4O12. The van der Waals surface area contributed by atoms with Gasteiger partial charge in [-0.15, -0.1) is 0 Å². The molecule has 16 nitrogen and oxygen atoms in total. The van der Waals surface area contributed by atoms with Crippen molar-refractivity contribution in [1.29, 1.82) is 0 Å². The van der Waals surface area contributed by atoms with Gasteiger partial charge in [0.25, 0.3) is 0 Å². The molecule has 0 bridgehead atoms. The zero-order chi connectivity index (χ0) is 27.1. The van der Waals surface area contributed by atoms with Crippen LogP contribution in [0.25, 0.3) is 0 Å². The van der Waals surface area contributed by atoms with Gasteiger partial charge >= 0.3 is 23.9 Å². The molecule has 1 aliphatic heterocycles. The van der Waals surface area contributed by atoms with Gasteiger partial charge < -0.3 is 50.8 Å². The molecule has 16 heteroatoms. The lowest BCUT2D eigenvalue weighted by Gasteiger charge is -2.49. The molecule has 0 aromatic heterocycles. The van der Waals surface area contributed by atoms with E-state index in [2.05, 4.69) is 0 Å². The van der Waals surface area contributed by atoms with Gasteiger partial charge in [-0.05, 0) is 0 Å². The molecule has 0 radical (unpaired) electrons. The molecule has 1 heterocycles. The Bertz CT molecular complexity index is 687. The molecule has 0 amide bonds. The minimum Gasteiger partial charge on any atom is -0.480 e. The van der Waals surface area contributed by atoms with Gasteiger partial charge in [0.2, 0.25) is 0 Å². The van der Waals surface area contributed by atoms with Crippen molar-refractivity contribution in [3.8, 4) is 0 Å². The van der Waals surface area contributed by atoms with Crippen molar-refractivity contribution in [1.82, 2.24) is 9.80 Å². The lowest BCUT2D eigenvalue weighted by atomic mass is 9.85. The van der Waals surface area contributed by atoms with Crippen molar-refractivity contribution in [3.05, 3.63) is 0 Å². The molecule has 0 spiro atoms. The number of ether oxygens (including phenoxy) is 4. The van der Waals surface area contributed by atoms with Crippen LogP contribution in [0.3, 0.4) is 0 Å². The first-order chi connectivity index (χ1) is 17.0. The maximum absolute atomic E-state index is 11.6. The predicted octanol–water partition coefficient (Wildman–Crippen LogP) is -3.60. The van der Waals surface area contributed by atoms with Crippen molar-refractivity contribution in [2.45, 2.75) is 17.7 Å². The van der Waals surface area contributed by atoms with Crippen LogP contribution in [-0.4, -0.2) is 157 Å². The van der Waals surface area contributed by atoms with Crippen LogP contribution in [0.2, 0.25) is 0 Å². The fourth-order valence-electron chi connectivity index (χ4n) is 3.82. The third kappa shape index (κ3) is 11.1. The monoisotopic (exact) mass is 524 g/mol. The number of carboxylic acid groups (broad SMARTS) is 4. The van der Waals surface area contributed by atoms with Crippen LogP contribution in [-0.2, 0) is 38.1 Å². The molecular weight excluding hydrogens is 488 g/mol. The number of nitrogens with two attached hydrogens (primary N) is 2. The second-order valence-electron chi connectivity index (χ2n) is 8.11. The lowest BCUT2D eigenvalue weighted by Crippen LogP contribution is -2.70. The summed E-state index contributed by atoms with van der Waals surface area (Å²) < 4.78 is 22.7. The quantitative estimate of drug-likeness (QED) is 0.0842. The first kappa shape index (κ1) is 31.6. The summed E-state index contributed by atoms with van der Waals surface area (Å²) in [5.74, 6) is -5.04. The van der Waals surface area contributed by atoms with Crippen molar-refractivity contribution >= 4 is 23.9 Å². The lowest BCUT2D eigenvalue weighted by molar-refractivity contribution is -0.214. The van der Waals surface area contributed by atoms with Crippen LogP contribution in [0, 0.1) is 0 Å². The van der Waals surface area contributed by atoms with Gasteiger partial charge in [0, 0.05) is 13.1 Å². The molecule has 3 atom stereocenters. The molecule has 1 rings (SSSR count). The molecule has 0 aromatic rings. The zero-order valence-corrected chi connectivity index (χ0v) is 20.0. The summed E-state index contributed by atoms with van der Waals surface area (Å²) in [6.07, 6.45) is 0. The normalized spacial score (nSPS) is 19.8. The molecule has 1 aliphatic rings. The number of rotatable bonds is 20. The van der Waals surface area contributed by atoms with E-state index in [1.165, 1.54) is 0 Å². The maximum Gasteiger partial charge on any atom is 0.317 e. The first-order valence-electron chi connectivity index (χ1n) is 11.2. The highest BCUT2D eigenvalue weighted by molar-refractivity contribution is 5.73. The summed E-state index contributed by atoms with van der Waals surface area (Å²) >= 11 is 0. The Morgan fingerprint density at radius 3 is 1.89 bits per heavy atom. The number of hydrogen-bond donors (Lipinski definition) is 6. The van der Waals surface area contributed by atoms with Crippen molar-refractivity contribution in [2.75, 3.05) is 85.5 Å². The predicted molar refractivity (Wildman–Crippen MR) is 121 cm³/mol. The van der Waals surface area contributed by atoms with E-state index >= 15 is 0 Å². The highest BCUT2D eigenvalue weighted by atomic mass is 16.6. The summed E-state index contributed by atoms with van der Waals surface area (Å²) in [5, 5.41) is 36.8. The molecule has 0 aliphatic carbocycles. The molecule has 0 saturated carbocycles. The highest BCUT2D eigenvalue weighted by Gasteiger charge is 2.50. The second kappa shape index (κ2) is 16.3. The van der Waals surface area contributed by atoms with Gasteiger partial charge in [0.15, 0.2) is 0 Å². The number of carbonyl (C=O) groups is 4. The van der Waals surface area contributed by atoms with Gasteiger partial charge in [-0.3, -0.25) is 29.0 Å². The van der Waals surface area contributed by atoms with Crippen LogP contribution in [0.15, 0.2) is 0 Å². The molecule has 3 unspecified atom stereocenters. The van der Waals surface area contributed by atoms with E-state index < -0.39 is 67.7 Å². The SMILES string of the molecule is NCCOCC(N)C1(C(COCCN(CC(=O)O)CC(=O)O)N(CC(=O)O)CC(=O)O)COCCO1. The molecule has 1 saturated heterocycles. The fourth-order valence-corrected chi connectivity index (χ4v) is 3.82.